The van der Waals surface area contributed by atoms with Crippen LogP contribution < -0.4 is 10.6 Å². The highest BCUT2D eigenvalue weighted by Crippen LogP contribution is 2.32. The molecule has 0 aliphatic heterocycles. The average molecular weight is 307 g/mol. The highest BCUT2D eigenvalue weighted by atomic mass is 16.6. The molecule has 122 valence electrons. The van der Waals surface area contributed by atoms with E-state index in [0.717, 1.165) is 25.7 Å². The minimum Gasteiger partial charge on any atom is -0.361 e. The van der Waals surface area contributed by atoms with Gasteiger partial charge in [-0.15, -0.1) is 0 Å². The summed E-state index contributed by atoms with van der Waals surface area (Å²) in [6, 6.07) is 0.249. The van der Waals surface area contributed by atoms with Gasteiger partial charge < -0.3 is 10.6 Å². The Bertz CT molecular complexity index is 519. The monoisotopic (exact) mass is 307 g/mol. The van der Waals surface area contributed by atoms with Gasteiger partial charge in [0.15, 0.2) is 0 Å². The number of hydrogen-bond donors (Lipinski definition) is 2. The van der Waals surface area contributed by atoms with Gasteiger partial charge in [-0.05, 0) is 33.6 Å². The second-order valence-corrected chi connectivity index (χ2v) is 6.88. The molecule has 1 aliphatic rings. The third-order valence-electron chi connectivity index (χ3n) is 3.69. The van der Waals surface area contributed by atoms with E-state index < -0.39 is 4.92 Å². The van der Waals surface area contributed by atoms with Crippen LogP contribution in [0.2, 0.25) is 0 Å². The van der Waals surface area contributed by atoms with E-state index >= 15 is 0 Å². The molecular formula is C15H25N5O2. The van der Waals surface area contributed by atoms with Crippen molar-refractivity contribution < 1.29 is 4.92 Å². The third-order valence-corrected chi connectivity index (χ3v) is 3.69. The Hall–Kier alpha value is -1.92. The van der Waals surface area contributed by atoms with E-state index in [-0.39, 0.29) is 23.1 Å². The van der Waals surface area contributed by atoms with Crippen LogP contribution in [0.4, 0.5) is 17.3 Å². The molecule has 1 heterocycles. The van der Waals surface area contributed by atoms with Gasteiger partial charge in [0.05, 0.1) is 4.92 Å². The molecule has 2 rings (SSSR count). The van der Waals surface area contributed by atoms with Crippen LogP contribution in [-0.4, -0.2) is 26.5 Å². The summed E-state index contributed by atoms with van der Waals surface area (Å²) in [7, 11) is 0. The number of nitrogens with zero attached hydrogens (tertiary/aromatic N) is 3. The first-order chi connectivity index (χ1) is 10.4. The minimum atomic E-state index is -0.410. The molecule has 22 heavy (non-hydrogen) atoms. The summed E-state index contributed by atoms with van der Waals surface area (Å²) in [6.45, 7) is 5.83. The molecule has 1 aromatic rings. The van der Waals surface area contributed by atoms with Crippen LogP contribution >= 0.6 is 0 Å². The van der Waals surface area contributed by atoms with Gasteiger partial charge in [-0.1, -0.05) is 25.7 Å². The van der Waals surface area contributed by atoms with Crippen molar-refractivity contribution in [1.82, 2.24) is 9.97 Å². The van der Waals surface area contributed by atoms with Crippen molar-refractivity contribution in [2.75, 3.05) is 10.6 Å². The smallest absolute Gasteiger partial charge is 0.353 e. The Balaban J connectivity index is 2.26. The van der Waals surface area contributed by atoms with Gasteiger partial charge in [0, 0.05) is 11.6 Å². The van der Waals surface area contributed by atoms with Crippen molar-refractivity contribution in [3.63, 3.8) is 0 Å². The fourth-order valence-corrected chi connectivity index (χ4v) is 2.72. The van der Waals surface area contributed by atoms with Crippen molar-refractivity contribution in [2.24, 2.45) is 0 Å². The summed E-state index contributed by atoms with van der Waals surface area (Å²) < 4.78 is 0. The summed E-state index contributed by atoms with van der Waals surface area (Å²) in [4.78, 5) is 19.2. The van der Waals surface area contributed by atoms with Gasteiger partial charge in [-0.25, -0.2) is 9.97 Å². The van der Waals surface area contributed by atoms with E-state index in [1.807, 2.05) is 20.8 Å². The molecule has 0 bridgehead atoms. The van der Waals surface area contributed by atoms with Crippen LogP contribution in [0.3, 0.4) is 0 Å². The lowest BCUT2D eigenvalue weighted by Gasteiger charge is -2.22. The molecular weight excluding hydrogens is 282 g/mol. The first kappa shape index (κ1) is 16.5. The molecule has 0 unspecified atom stereocenters. The molecule has 0 spiro atoms. The largest absolute Gasteiger partial charge is 0.361 e. The number of aromatic nitrogens is 2. The summed E-state index contributed by atoms with van der Waals surface area (Å²) in [5.74, 6) is 0.585. The average Bonchev–Trinajstić information content (AvgIpc) is 2.65. The lowest BCUT2D eigenvalue weighted by Crippen LogP contribution is -2.28. The molecule has 0 radical (unpaired) electrons. The molecule has 1 fully saturated rings. The molecule has 0 saturated heterocycles. The maximum absolute atomic E-state index is 11.5. The molecule has 0 atom stereocenters. The fourth-order valence-electron chi connectivity index (χ4n) is 2.72. The summed E-state index contributed by atoms with van der Waals surface area (Å²) in [6.07, 6.45) is 8.22. The zero-order valence-electron chi connectivity index (χ0n) is 13.6. The van der Waals surface area contributed by atoms with Crippen LogP contribution in [0.1, 0.15) is 59.3 Å². The zero-order valence-corrected chi connectivity index (χ0v) is 13.6. The Morgan fingerprint density at radius 1 is 1.14 bits per heavy atom. The van der Waals surface area contributed by atoms with E-state index in [0.29, 0.717) is 5.82 Å². The second-order valence-electron chi connectivity index (χ2n) is 6.88. The Kier molecular flexibility index (Phi) is 5.15. The van der Waals surface area contributed by atoms with Crippen LogP contribution in [0.15, 0.2) is 6.33 Å². The van der Waals surface area contributed by atoms with Crippen molar-refractivity contribution >= 4 is 17.3 Å². The molecule has 2 N–H and O–H groups in total. The maximum Gasteiger partial charge on any atom is 0.353 e. The molecule has 0 aromatic carbocycles. The van der Waals surface area contributed by atoms with Crippen LogP contribution in [-0.2, 0) is 0 Å². The van der Waals surface area contributed by atoms with Gasteiger partial charge in [0.1, 0.15) is 6.33 Å². The second kappa shape index (κ2) is 6.89. The zero-order chi connectivity index (χ0) is 16.2. The van der Waals surface area contributed by atoms with E-state index in [1.165, 1.54) is 19.2 Å². The van der Waals surface area contributed by atoms with Crippen molar-refractivity contribution in [1.29, 1.82) is 0 Å². The van der Waals surface area contributed by atoms with Crippen molar-refractivity contribution in [2.45, 2.75) is 70.9 Å². The van der Waals surface area contributed by atoms with Gasteiger partial charge in [-0.2, -0.15) is 0 Å². The predicted molar refractivity (Wildman–Crippen MR) is 87.2 cm³/mol. The highest BCUT2D eigenvalue weighted by Gasteiger charge is 2.27. The quantitative estimate of drug-likeness (QED) is 0.500. The molecule has 0 amide bonds. The minimum absolute atomic E-state index is 0.0679. The lowest BCUT2D eigenvalue weighted by molar-refractivity contribution is -0.383. The molecule has 7 heteroatoms. The number of nitrogens with one attached hydrogen (secondary N) is 2. The Labute approximate surface area is 131 Å². The Morgan fingerprint density at radius 3 is 2.27 bits per heavy atom. The van der Waals surface area contributed by atoms with Crippen LogP contribution in [0.5, 0.6) is 0 Å². The molecule has 7 nitrogen and oxygen atoms in total. The number of anilines is 2. The van der Waals surface area contributed by atoms with Crippen LogP contribution in [0.25, 0.3) is 0 Å². The highest BCUT2D eigenvalue weighted by molar-refractivity contribution is 5.70. The maximum atomic E-state index is 11.5. The first-order valence-corrected chi connectivity index (χ1v) is 7.91. The SMILES string of the molecule is CC(C)(C)Nc1ncnc(NC2CCCCCC2)c1[N+](=O)[O-]. The van der Waals surface area contributed by atoms with E-state index in [9.17, 15) is 10.1 Å². The Morgan fingerprint density at radius 2 is 1.73 bits per heavy atom. The summed E-state index contributed by atoms with van der Waals surface area (Å²) in [5.41, 5.74) is -0.375. The van der Waals surface area contributed by atoms with Crippen molar-refractivity contribution in [3.05, 3.63) is 16.4 Å². The van der Waals surface area contributed by atoms with Gasteiger partial charge >= 0.3 is 5.69 Å². The van der Waals surface area contributed by atoms with Gasteiger partial charge in [0.2, 0.25) is 11.6 Å². The van der Waals surface area contributed by atoms with Crippen LogP contribution in [0, 0.1) is 10.1 Å². The van der Waals surface area contributed by atoms with Crippen molar-refractivity contribution in [3.8, 4) is 0 Å². The van der Waals surface area contributed by atoms with E-state index in [4.69, 9.17) is 0 Å². The van der Waals surface area contributed by atoms with Gasteiger partial charge in [-0.3, -0.25) is 10.1 Å². The summed E-state index contributed by atoms with van der Waals surface area (Å²) >= 11 is 0. The standard InChI is InChI=1S/C15H25N5O2/c1-15(2,3)19-14-12(20(21)22)13(16-10-17-14)18-11-8-6-4-5-7-9-11/h10-11H,4-9H2,1-3H3,(H2,16,17,18,19). The first-order valence-electron chi connectivity index (χ1n) is 7.91. The van der Waals surface area contributed by atoms with E-state index in [1.54, 1.807) is 0 Å². The molecule has 1 aliphatic carbocycles. The third kappa shape index (κ3) is 4.54. The molecule has 1 aromatic heterocycles. The number of hydrogen-bond acceptors (Lipinski definition) is 6. The van der Waals surface area contributed by atoms with Gasteiger partial charge in [0.25, 0.3) is 0 Å². The van der Waals surface area contributed by atoms with E-state index in [2.05, 4.69) is 20.6 Å². The normalized spacial score (nSPS) is 16.9. The fraction of sp³-hybridized carbons (Fsp3) is 0.733. The topological polar surface area (TPSA) is 93.0 Å². The number of nitro groups is 1. The number of rotatable bonds is 4. The molecule has 1 saturated carbocycles. The predicted octanol–water partition coefficient (Wildman–Crippen LogP) is 3.73. The lowest BCUT2D eigenvalue weighted by atomic mass is 10.1. The summed E-state index contributed by atoms with van der Waals surface area (Å²) in [5, 5.41) is 17.8.